The van der Waals surface area contributed by atoms with E-state index in [1.807, 2.05) is 47.1 Å². The standard InChI is InChI=1S/C13H12N4/c14-8-10-3-5-11(6-4-10)12-9-15-13-2-1-7-16-17(12)13/h1-7,9H,8,14H2. The quantitative estimate of drug-likeness (QED) is 0.722. The molecule has 0 aliphatic rings. The molecule has 2 N–H and O–H groups in total. The summed E-state index contributed by atoms with van der Waals surface area (Å²) in [6.07, 6.45) is 3.59. The lowest BCUT2D eigenvalue weighted by atomic mass is 10.1. The van der Waals surface area contributed by atoms with Gasteiger partial charge in [0.15, 0.2) is 5.65 Å². The predicted molar refractivity (Wildman–Crippen MR) is 66.3 cm³/mol. The first-order chi connectivity index (χ1) is 8.38. The summed E-state index contributed by atoms with van der Waals surface area (Å²) in [5.74, 6) is 0. The maximum atomic E-state index is 5.58. The Bertz CT molecular complexity index is 640. The second kappa shape index (κ2) is 3.99. The summed E-state index contributed by atoms with van der Waals surface area (Å²) >= 11 is 0. The zero-order chi connectivity index (χ0) is 11.7. The highest BCUT2D eigenvalue weighted by atomic mass is 15.2. The maximum Gasteiger partial charge on any atom is 0.154 e. The number of nitrogens with zero attached hydrogens (tertiary/aromatic N) is 3. The van der Waals surface area contributed by atoms with Gasteiger partial charge in [0.25, 0.3) is 0 Å². The minimum absolute atomic E-state index is 0.561. The number of aromatic nitrogens is 3. The summed E-state index contributed by atoms with van der Waals surface area (Å²) in [5.41, 5.74) is 9.63. The summed E-state index contributed by atoms with van der Waals surface area (Å²) in [4.78, 5) is 4.31. The van der Waals surface area contributed by atoms with Crippen molar-refractivity contribution < 1.29 is 0 Å². The second-order valence-corrected chi connectivity index (χ2v) is 3.84. The lowest BCUT2D eigenvalue weighted by Crippen LogP contribution is -1.96. The molecule has 0 unspecified atom stereocenters. The Balaban J connectivity index is 2.13. The van der Waals surface area contributed by atoms with Crippen molar-refractivity contribution in [1.29, 1.82) is 0 Å². The molecule has 0 spiro atoms. The first kappa shape index (κ1) is 9.99. The first-order valence-electron chi connectivity index (χ1n) is 5.46. The van der Waals surface area contributed by atoms with E-state index in [0.29, 0.717) is 6.54 Å². The summed E-state index contributed by atoms with van der Waals surface area (Å²) in [7, 11) is 0. The smallest absolute Gasteiger partial charge is 0.154 e. The van der Waals surface area contributed by atoms with Crippen LogP contribution in [0, 0.1) is 0 Å². The molecule has 0 bridgehead atoms. The van der Waals surface area contributed by atoms with Gasteiger partial charge in [-0.25, -0.2) is 9.50 Å². The third-order valence-electron chi connectivity index (χ3n) is 2.76. The number of hydrogen-bond donors (Lipinski definition) is 1. The number of benzene rings is 1. The van der Waals surface area contributed by atoms with Crippen LogP contribution in [0.15, 0.2) is 48.8 Å². The Hall–Kier alpha value is -2.20. The number of fused-ring (bicyclic) bond motifs is 1. The minimum Gasteiger partial charge on any atom is -0.326 e. The average Bonchev–Trinajstić information content (AvgIpc) is 2.83. The summed E-state index contributed by atoms with van der Waals surface area (Å²) < 4.78 is 1.83. The fourth-order valence-corrected chi connectivity index (χ4v) is 1.84. The van der Waals surface area contributed by atoms with Crippen LogP contribution in [-0.2, 0) is 6.54 Å². The number of nitrogens with two attached hydrogens (primary N) is 1. The SMILES string of the molecule is NCc1ccc(-c2cnc3cccnn23)cc1. The van der Waals surface area contributed by atoms with Gasteiger partial charge in [0.05, 0.1) is 11.9 Å². The molecule has 0 saturated heterocycles. The van der Waals surface area contributed by atoms with Gasteiger partial charge in [0, 0.05) is 18.3 Å². The number of rotatable bonds is 2. The van der Waals surface area contributed by atoms with Crippen molar-refractivity contribution in [3.63, 3.8) is 0 Å². The molecule has 0 radical (unpaired) electrons. The lowest BCUT2D eigenvalue weighted by Gasteiger charge is -2.02. The van der Waals surface area contributed by atoms with Crippen LogP contribution >= 0.6 is 0 Å². The van der Waals surface area contributed by atoms with Crippen molar-refractivity contribution >= 4 is 5.65 Å². The molecule has 3 aromatic rings. The summed E-state index contributed by atoms with van der Waals surface area (Å²) in [6, 6.07) is 11.9. The van der Waals surface area contributed by atoms with E-state index < -0.39 is 0 Å². The average molecular weight is 224 g/mol. The second-order valence-electron chi connectivity index (χ2n) is 3.84. The van der Waals surface area contributed by atoms with E-state index in [1.165, 1.54) is 0 Å². The van der Waals surface area contributed by atoms with Gasteiger partial charge >= 0.3 is 0 Å². The zero-order valence-corrected chi connectivity index (χ0v) is 9.24. The first-order valence-corrected chi connectivity index (χ1v) is 5.46. The lowest BCUT2D eigenvalue weighted by molar-refractivity contribution is 0.942. The molecule has 0 saturated carbocycles. The maximum absolute atomic E-state index is 5.58. The molecular formula is C13H12N4. The summed E-state index contributed by atoms with van der Waals surface area (Å²) in [5, 5.41) is 4.29. The van der Waals surface area contributed by atoms with E-state index in [0.717, 1.165) is 22.5 Å². The van der Waals surface area contributed by atoms with E-state index in [-0.39, 0.29) is 0 Å². The van der Waals surface area contributed by atoms with Crippen molar-refractivity contribution in [1.82, 2.24) is 14.6 Å². The van der Waals surface area contributed by atoms with Gasteiger partial charge < -0.3 is 5.73 Å². The van der Waals surface area contributed by atoms with E-state index in [4.69, 9.17) is 5.73 Å². The van der Waals surface area contributed by atoms with Crippen LogP contribution in [-0.4, -0.2) is 14.6 Å². The van der Waals surface area contributed by atoms with Gasteiger partial charge in [-0.1, -0.05) is 24.3 Å². The molecule has 17 heavy (non-hydrogen) atoms. The zero-order valence-electron chi connectivity index (χ0n) is 9.24. The minimum atomic E-state index is 0.561. The Kier molecular flexibility index (Phi) is 2.34. The van der Waals surface area contributed by atoms with Crippen LogP contribution < -0.4 is 5.73 Å². The van der Waals surface area contributed by atoms with Crippen LogP contribution in [0.25, 0.3) is 16.9 Å². The highest BCUT2D eigenvalue weighted by Crippen LogP contribution is 2.20. The highest BCUT2D eigenvalue weighted by Gasteiger charge is 2.05. The van der Waals surface area contributed by atoms with E-state index in [9.17, 15) is 0 Å². The van der Waals surface area contributed by atoms with Crippen molar-refractivity contribution in [2.24, 2.45) is 5.73 Å². The molecule has 0 fully saturated rings. The van der Waals surface area contributed by atoms with Crippen LogP contribution in [0.5, 0.6) is 0 Å². The topological polar surface area (TPSA) is 56.2 Å². The van der Waals surface area contributed by atoms with E-state index in [1.54, 1.807) is 6.20 Å². The van der Waals surface area contributed by atoms with Gasteiger partial charge in [-0.05, 0) is 17.7 Å². The van der Waals surface area contributed by atoms with Gasteiger partial charge in [0.2, 0.25) is 0 Å². The largest absolute Gasteiger partial charge is 0.326 e. The molecular weight excluding hydrogens is 212 g/mol. The molecule has 0 amide bonds. The van der Waals surface area contributed by atoms with Crippen LogP contribution in [0.3, 0.4) is 0 Å². The Morgan fingerprint density at radius 3 is 2.71 bits per heavy atom. The summed E-state index contributed by atoms with van der Waals surface area (Å²) in [6.45, 7) is 0.561. The predicted octanol–water partition coefficient (Wildman–Crippen LogP) is 1.85. The van der Waals surface area contributed by atoms with Gasteiger partial charge in [-0.15, -0.1) is 0 Å². The third-order valence-corrected chi connectivity index (χ3v) is 2.76. The monoisotopic (exact) mass is 224 g/mol. The molecule has 2 aromatic heterocycles. The fourth-order valence-electron chi connectivity index (χ4n) is 1.84. The Morgan fingerprint density at radius 1 is 1.12 bits per heavy atom. The number of hydrogen-bond acceptors (Lipinski definition) is 3. The highest BCUT2D eigenvalue weighted by molar-refractivity contribution is 5.63. The fraction of sp³-hybridized carbons (Fsp3) is 0.0769. The van der Waals surface area contributed by atoms with Crippen LogP contribution in [0.2, 0.25) is 0 Å². The normalized spacial score (nSPS) is 10.9. The number of imidazole rings is 1. The third kappa shape index (κ3) is 1.68. The van der Waals surface area contributed by atoms with E-state index >= 15 is 0 Å². The molecule has 0 aliphatic heterocycles. The van der Waals surface area contributed by atoms with Crippen LogP contribution in [0.1, 0.15) is 5.56 Å². The molecule has 84 valence electrons. The van der Waals surface area contributed by atoms with Gasteiger partial charge in [-0.2, -0.15) is 5.10 Å². The van der Waals surface area contributed by atoms with Crippen molar-refractivity contribution in [2.45, 2.75) is 6.54 Å². The molecule has 4 heteroatoms. The molecule has 4 nitrogen and oxygen atoms in total. The molecule has 0 atom stereocenters. The van der Waals surface area contributed by atoms with Crippen molar-refractivity contribution in [3.05, 3.63) is 54.4 Å². The molecule has 2 heterocycles. The van der Waals surface area contributed by atoms with Crippen molar-refractivity contribution in [3.8, 4) is 11.3 Å². The molecule has 3 rings (SSSR count). The van der Waals surface area contributed by atoms with E-state index in [2.05, 4.69) is 10.1 Å². The Morgan fingerprint density at radius 2 is 1.94 bits per heavy atom. The van der Waals surface area contributed by atoms with Crippen molar-refractivity contribution in [2.75, 3.05) is 0 Å². The van der Waals surface area contributed by atoms with Crippen LogP contribution in [0.4, 0.5) is 0 Å². The molecule has 0 aliphatic carbocycles. The van der Waals surface area contributed by atoms with Gasteiger partial charge in [0.1, 0.15) is 0 Å². The molecule has 1 aromatic carbocycles. The Labute approximate surface area is 98.7 Å². The van der Waals surface area contributed by atoms with Gasteiger partial charge in [-0.3, -0.25) is 0 Å².